The van der Waals surface area contributed by atoms with E-state index in [-0.39, 0.29) is 12.3 Å². The molecule has 1 aliphatic rings. The molecule has 0 bridgehead atoms. The van der Waals surface area contributed by atoms with Crippen LogP contribution in [0.2, 0.25) is 0 Å². The molecule has 2 N–H and O–H groups in total. The van der Waals surface area contributed by atoms with Gasteiger partial charge in [0.1, 0.15) is 0 Å². The Morgan fingerprint density at radius 2 is 1.74 bits per heavy atom. The lowest BCUT2D eigenvalue weighted by molar-refractivity contribution is -0.115. The number of nitrogens with zero attached hydrogens (tertiary/aromatic N) is 2. The van der Waals surface area contributed by atoms with E-state index < -0.39 is 0 Å². The van der Waals surface area contributed by atoms with Crippen LogP contribution in [0, 0.1) is 0 Å². The lowest BCUT2D eigenvalue weighted by Crippen LogP contribution is -2.15. The summed E-state index contributed by atoms with van der Waals surface area (Å²) in [6, 6.07) is 19.8. The number of benzene rings is 2. The molecule has 0 radical (unpaired) electrons. The van der Waals surface area contributed by atoms with Crippen LogP contribution in [-0.4, -0.2) is 21.1 Å². The highest BCUT2D eigenvalue weighted by atomic mass is 32.2. The molecule has 6 heteroatoms. The summed E-state index contributed by atoms with van der Waals surface area (Å²) in [5.41, 5.74) is 3.74. The van der Waals surface area contributed by atoms with E-state index in [1.54, 1.807) is 24.2 Å². The van der Waals surface area contributed by atoms with Gasteiger partial charge in [-0.3, -0.25) is 9.52 Å². The number of anilines is 2. The zero-order valence-corrected chi connectivity index (χ0v) is 15.6. The Kier molecular flexibility index (Phi) is 5.34. The van der Waals surface area contributed by atoms with Gasteiger partial charge in [-0.1, -0.05) is 42.5 Å². The van der Waals surface area contributed by atoms with E-state index in [1.165, 1.54) is 12.8 Å². The highest BCUT2D eigenvalue weighted by Crippen LogP contribution is 2.33. The minimum absolute atomic E-state index is 0.0954. The molecular weight excluding hydrogens is 356 g/mol. The number of rotatable bonds is 7. The van der Waals surface area contributed by atoms with Gasteiger partial charge in [0, 0.05) is 17.1 Å². The van der Waals surface area contributed by atoms with E-state index in [9.17, 15) is 4.79 Å². The van der Waals surface area contributed by atoms with E-state index in [1.807, 2.05) is 42.5 Å². The third kappa shape index (κ3) is 5.08. The van der Waals surface area contributed by atoms with Crippen molar-refractivity contribution in [2.45, 2.75) is 24.5 Å². The van der Waals surface area contributed by atoms with Gasteiger partial charge in [0.25, 0.3) is 0 Å². The molecule has 5 nitrogen and oxygen atoms in total. The normalized spacial score (nSPS) is 13.2. The molecule has 0 aliphatic heterocycles. The fourth-order valence-electron chi connectivity index (χ4n) is 2.61. The Hall–Kier alpha value is -2.86. The number of hydrogen-bond acceptors (Lipinski definition) is 5. The summed E-state index contributed by atoms with van der Waals surface area (Å²) in [4.78, 5) is 20.9. The molecule has 1 saturated carbocycles. The SMILES string of the molecule is O=C(Cc1ccnc(NSC2CC2)n1)Nc1ccc(-c2ccccc2)cc1. The van der Waals surface area contributed by atoms with Gasteiger partial charge >= 0.3 is 0 Å². The van der Waals surface area contributed by atoms with Crippen LogP contribution in [0.15, 0.2) is 66.9 Å². The van der Waals surface area contributed by atoms with Crippen LogP contribution in [0.1, 0.15) is 18.5 Å². The van der Waals surface area contributed by atoms with Crippen LogP contribution in [0.4, 0.5) is 11.6 Å². The van der Waals surface area contributed by atoms with Gasteiger partial charge in [-0.05, 0) is 54.1 Å². The largest absolute Gasteiger partial charge is 0.326 e. The summed E-state index contributed by atoms with van der Waals surface area (Å²) < 4.78 is 3.15. The minimum Gasteiger partial charge on any atom is -0.326 e. The van der Waals surface area contributed by atoms with Crippen molar-refractivity contribution in [2.75, 3.05) is 10.0 Å². The second kappa shape index (κ2) is 8.22. The third-order valence-corrected chi connectivity index (χ3v) is 5.28. The van der Waals surface area contributed by atoms with Crippen molar-refractivity contribution in [2.24, 2.45) is 0 Å². The van der Waals surface area contributed by atoms with E-state index in [4.69, 9.17) is 0 Å². The van der Waals surface area contributed by atoms with Crippen molar-refractivity contribution in [1.29, 1.82) is 0 Å². The number of nitrogens with one attached hydrogen (secondary N) is 2. The fraction of sp³-hybridized carbons (Fsp3) is 0.190. The lowest BCUT2D eigenvalue weighted by atomic mass is 10.1. The van der Waals surface area contributed by atoms with Gasteiger partial charge < -0.3 is 5.32 Å². The lowest BCUT2D eigenvalue weighted by Gasteiger charge is -2.08. The van der Waals surface area contributed by atoms with Crippen LogP contribution < -0.4 is 10.0 Å². The summed E-state index contributed by atoms with van der Waals surface area (Å²) in [5, 5.41) is 3.59. The number of aromatic nitrogens is 2. The molecule has 0 spiro atoms. The van der Waals surface area contributed by atoms with Crippen molar-refractivity contribution < 1.29 is 4.79 Å². The Morgan fingerprint density at radius 1 is 1.00 bits per heavy atom. The maximum atomic E-state index is 12.3. The van der Waals surface area contributed by atoms with Crippen molar-refractivity contribution >= 4 is 29.5 Å². The zero-order chi connectivity index (χ0) is 18.5. The molecule has 1 heterocycles. The highest BCUT2D eigenvalue weighted by molar-refractivity contribution is 8.01. The van der Waals surface area contributed by atoms with Gasteiger partial charge in [-0.15, -0.1) is 0 Å². The molecule has 0 unspecified atom stereocenters. The fourth-order valence-corrected chi connectivity index (χ4v) is 3.35. The summed E-state index contributed by atoms with van der Waals surface area (Å²) in [7, 11) is 0. The van der Waals surface area contributed by atoms with Gasteiger partial charge in [0.15, 0.2) is 0 Å². The Bertz CT molecular complexity index is 911. The monoisotopic (exact) mass is 376 g/mol. The first kappa shape index (κ1) is 17.5. The smallest absolute Gasteiger partial charge is 0.233 e. The van der Waals surface area contributed by atoms with Gasteiger partial charge in [-0.25, -0.2) is 9.97 Å². The summed E-state index contributed by atoms with van der Waals surface area (Å²) in [5.74, 6) is 0.464. The van der Waals surface area contributed by atoms with Crippen LogP contribution in [0.5, 0.6) is 0 Å². The van der Waals surface area contributed by atoms with E-state index in [0.29, 0.717) is 16.9 Å². The maximum Gasteiger partial charge on any atom is 0.233 e. The Balaban J connectivity index is 1.34. The van der Waals surface area contributed by atoms with Crippen molar-refractivity contribution in [3.63, 3.8) is 0 Å². The second-order valence-electron chi connectivity index (χ2n) is 6.46. The molecule has 3 aromatic rings. The standard InChI is InChI=1S/C21H20N4OS/c26-20(14-18-12-13-22-21(24-18)25-27-19-10-11-19)23-17-8-6-16(7-9-17)15-4-2-1-3-5-15/h1-9,12-13,19H,10-11,14H2,(H,23,26)(H,22,24,25). The molecule has 1 aromatic heterocycles. The molecule has 27 heavy (non-hydrogen) atoms. The van der Waals surface area contributed by atoms with Gasteiger partial charge in [0.05, 0.1) is 12.1 Å². The molecule has 1 aliphatic carbocycles. The number of carbonyl (C=O) groups is 1. The molecule has 2 aromatic carbocycles. The Morgan fingerprint density at radius 3 is 2.48 bits per heavy atom. The number of amides is 1. The second-order valence-corrected chi connectivity index (χ2v) is 7.57. The van der Waals surface area contributed by atoms with Gasteiger partial charge in [0.2, 0.25) is 11.9 Å². The average molecular weight is 376 g/mol. The molecule has 0 saturated heterocycles. The van der Waals surface area contributed by atoms with Crippen LogP contribution in [0.25, 0.3) is 11.1 Å². The summed E-state index contributed by atoms with van der Waals surface area (Å²) in [6.45, 7) is 0. The zero-order valence-electron chi connectivity index (χ0n) is 14.8. The first-order valence-corrected chi connectivity index (χ1v) is 9.83. The molecule has 1 amide bonds. The van der Waals surface area contributed by atoms with Crippen molar-refractivity contribution in [3.05, 3.63) is 72.6 Å². The molecule has 4 rings (SSSR count). The minimum atomic E-state index is -0.0954. The highest BCUT2D eigenvalue weighted by Gasteiger charge is 2.22. The van der Waals surface area contributed by atoms with Gasteiger partial charge in [-0.2, -0.15) is 0 Å². The van der Waals surface area contributed by atoms with Crippen LogP contribution >= 0.6 is 11.9 Å². The first-order valence-electron chi connectivity index (χ1n) is 8.95. The predicted octanol–water partition coefficient (Wildman–Crippen LogP) is 4.55. The maximum absolute atomic E-state index is 12.3. The van der Waals surface area contributed by atoms with E-state index in [2.05, 4.69) is 32.1 Å². The molecular formula is C21H20N4OS. The van der Waals surface area contributed by atoms with E-state index >= 15 is 0 Å². The third-order valence-electron chi connectivity index (χ3n) is 4.17. The Labute approximate surface area is 162 Å². The molecule has 136 valence electrons. The molecule has 0 atom stereocenters. The van der Waals surface area contributed by atoms with Crippen LogP contribution in [0.3, 0.4) is 0 Å². The average Bonchev–Trinajstić information content (AvgIpc) is 3.52. The number of carbonyl (C=O) groups excluding carboxylic acids is 1. The topological polar surface area (TPSA) is 66.9 Å². The predicted molar refractivity (Wildman–Crippen MR) is 110 cm³/mol. The molecule has 1 fully saturated rings. The summed E-state index contributed by atoms with van der Waals surface area (Å²) >= 11 is 1.65. The van der Waals surface area contributed by atoms with Crippen molar-refractivity contribution in [1.82, 2.24) is 9.97 Å². The van der Waals surface area contributed by atoms with E-state index in [0.717, 1.165) is 16.8 Å². The van der Waals surface area contributed by atoms with Crippen molar-refractivity contribution in [3.8, 4) is 11.1 Å². The quantitative estimate of drug-likeness (QED) is 0.592. The summed E-state index contributed by atoms with van der Waals surface area (Å²) in [6.07, 6.45) is 4.37. The first-order chi connectivity index (χ1) is 13.3. The number of hydrogen-bond donors (Lipinski definition) is 2. The van der Waals surface area contributed by atoms with Crippen LogP contribution in [-0.2, 0) is 11.2 Å².